The lowest BCUT2D eigenvalue weighted by atomic mass is 10.1. The molecule has 0 heterocycles. The first-order chi connectivity index (χ1) is 8.56. The lowest BCUT2D eigenvalue weighted by molar-refractivity contribution is -0.948. The molecule has 0 aromatic heterocycles. The monoisotopic (exact) mass is 254 g/mol. The van der Waals surface area contributed by atoms with Crippen LogP contribution in [0, 0.1) is 11.8 Å². The van der Waals surface area contributed by atoms with Gasteiger partial charge in [-0.15, -0.1) is 0 Å². The Labute approximate surface area is 112 Å². The number of nitrogens with zero attached hydrogens (tertiary/aromatic N) is 1. The summed E-state index contributed by atoms with van der Waals surface area (Å²) in [6.07, 6.45) is 2.30. The van der Waals surface area contributed by atoms with Crippen LogP contribution < -0.4 is 0 Å². The average molecular weight is 254 g/mol. The Kier molecular flexibility index (Phi) is 8.49. The minimum Gasteiger partial charge on any atom is -0.450 e. The first-order valence-corrected chi connectivity index (χ1v) is 7.01. The molecule has 0 aliphatic rings. The standard InChI is InChI=1S/C15H28NO2/c1-6-10-15(17)18-13-12-16(9-4,11-7-2)14(5)8-3/h14H,7-9,11-13H2,1-5H3/q+1. The summed E-state index contributed by atoms with van der Waals surface area (Å²) in [5.74, 6) is 4.56. The van der Waals surface area contributed by atoms with Crippen LogP contribution in [0.25, 0.3) is 0 Å². The van der Waals surface area contributed by atoms with E-state index in [4.69, 9.17) is 4.74 Å². The Balaban J connectivity index is 4.48. The first-order valence-electron chi connectivity index (χ1n) is 7.01. The number of hydrogen-bond acceptors (Lipinski definition) is 2. The maximum Gasteiger partial charge on any atom is 0.384 e. The molecule has 0 bridgehead atoms. The van der Waals surface area contributed by atoms with Gasteiger partial charge in [-0.2, -0.15) is 0 Å². The Bertz CT molecular complexity index is 303. The Hall–Kier alpha value is -1.01. The van der Waals surface area contributed by atoms with Crippen molar-refractivity contribution in [1.29, 1.82) is 0 Å². The van der Waals surface area contributed by atoms with E-state index in [-0.39, 0.29) is 0 Å². The van der Waals surface area contributed by atoms with E-state index in [0.717, 1.165) is 37.0 Å². The molecular formula is C15H28NO2+. The van der Waals surface area contributed by atoms with Crippen molar-refractivity contribution < 1.29 is 14.0 Å². The van der Waals surface area contributed by atoms with Crippen LogP contribution in [0.4, 0.5) is 0 Å². The molecule has 3 nitrogen and oxygen atoms in total. The zero-order chi connectivity index (χ0) is 14.0. The molecular weight excluding hydrogens is 226 g/mol. The molecule has 0 N–H and O–H groups in total. The predicted molar refractivity (Wildman–Crippen MR) is 75.0 cm³/mol. The molecule has 0 rings (SSSR count). The summed E-state index contributed by atoms with van der Waals surface area (Å²) in [5.41, 5.74) is 0. The highest BCUT2D eigenvalue weighted by molar-refractivity contribution is 5.88. The normalized spacial score (nSPS) is 15.2. The summed E-state index contributed by atoms with van der Waals surface area (Å²) >= 11 is 0. The molecule has 2 atom stereocenters. The summed E-state index contributed by atoms with van der Waals surface area (Å²) in [6, 6.07) is 0.603. The summed E-state index contributed by atoms with van der Waals surface area (Å²) in [5, 5.41) is 0. The topological polar surface area (TPSA) is 26.3 Å². The van der Waals surface area contributed by atoms with Gasteiger partial charge in [0.15, 0.2) is 0 Å². The molecule has 0 saturated heterocycles. The van der Waals surface area contributed by atoms with Gasteiger partial charge in [0.1, 0.15) is 13.2 Å². The lowest BCUT2D eigenvalue weighted by Gasteiger charge is -2.42. The Morgan fingerprint density at radius 1 is 1.28 bits per heavy atom. The van der Waals surface area contributed by atoms with Gasteiger partial charge in [-0.3, -0.25) is 0 Å². The largest absolute Gasteiger partial charge is 0.450 e. The fraction of sp³-hybridized carbons (Fsp3) is 0.800. The summed E-state index contributed by atoms with van der Waals surface area (Å²) in [6.45, 7) is 14.1. The van der Waals surface area contributed by atoms with Gasteiger partial charge in [-0.25, -0.2) is 4.79 Å². The van der Waals surface area contributed by atoms with Gasteiger partial charge in [0, 0.05) is 5.92 Å². The van der Waals surface area contributed by atoms with Gasteiger partial charge in [-0.1, -0.05) is 19.8 Å². The number of ether oxygens (including phenoxy) is 1. The maximum atomic E-state index is 11.2. The van der Waals surface area contributed by atoms with Crippen LogP contribution in [-0.4, -0.2) is 42.7 Å². The van der Waals surface area contributed by atoms with Gasteiger partial charge < -0.3 is 9.22 Å². The quantitative estimate of drug-likeness (QED) is 0.288. The number of carbonyl (C=O) groups excluding carboxylic acids is 1. The van der Waals surface area contributed by atoms with Crippen molar-refractivity contribution >= 4 is 5.97 Å². The van der Waals surface area contributed by atoms with Gasteiger partial charge >= 0.3 is 5.97 Å². The van der Waals surface area contributed by atoms with Crippen molar-refractivity contribution in [2.45, 2.75) is 53.5 Å². The minimum absolute atomic E-state index is 0.410. The molecule has 0 spiro atoms. The van der Waals surface area contributed by atoms with Gasteiger partial charge in [0.05, 0.1) is 19.1 Å². The Morgan fingerprint density at radius 3 is 2.39 bits per heavy atom. The molecule has 0 fully saturated rings. The lowest BCUT2D eigenvalue weighted by Crippen LogP contribution is -2.56. The smallest absolute Gasteiger partial charge is 0.384 e. The number of esters is 1. The first kappa shape index (κ1) is 17.0. The van der Waals surface area contributed by atoms with E-state index in [1.807, 2.05) is 0 Å². The second-order valence-corrected chi connectivity index (χ2v) is 4.75. The van der Waals surface area contributed by atoms with E-state index in [9.17, 15) is 4.79 Å². The van der Waals surface area contributed by atoms with Crippen molar-refractivity contribution in [3.8, 4) is 11.8 Å². The SMILES string of the molecule is CC#CC(=O)OCC[N+](CC)(CCC)C(C)CC. The number of likely N-dealkylation sites (N-methyl/N-ethyl adjacent to an activating group) is 1. The second kappa shape index (κ2) is 8.99. The van der Waals surface area contributed by atoms with E-state index in [2.05, 4.69) is 39.5 Å². The third-order valence-corrected chi connectivity index (χ3v) is 3.82. The van der Waals surface area contributed by atoms with Gasteiger partial charge in [-0.05, 0) is 33.6 Å². The predicted octanol–water partition coefficient (Wildman–Crippen LogP) is 2.60. The molecule has 18 heavy (non-hydrogen) atoms. The van der Waals surface area contributed by atoms with Crippen molar-refractivity contribution in [1.82, 2.24) is 0 Å². The molecule has 0 amide bonds. The molecule has 0 radical (unpaired) electrons. The number of quaternary nitrogens is 1. The Morgan fingerprint density at radius 2 is 1.94 bits per heavy atom. The zero-order valence-corrected chi connectivity index (χ0v) is 12.6. The highest BCUT2D eigenvalue weighted by atomic mass is 16.5. The number of rotatable bonds is 8. The van der Waals surface area contributed by atoms with Crippen LogP contribution in [0.5, 0.6) is 0 Å². The van der Waals surface area contributed by atoms with Gasteiger partial charge in [0.25, 0.3) is 0 Å². The van der Waals surface area contributed by atoms with E-state index in [1.54, 1.807) is 6.92 Å². The third kappa shape index (κ3) is 5.10. The third-order valence-electron chi connectivity index (χ3n) is 3.82. The molecule has 0 aliphatic heterocycles. The van der Waals surface area contributed by atoms with Crippen molar-refractivity contribution in [2.24, 2.45) is 0 Å². The molecule has 0 aromatic carbocycles. The van der Waals surface area contributed by atoms with Crippen LogP contribution in [0.1, 0.15) is 47.5 Å². The number of hydrogen-bond donors (Lipinski definition) is 0. The average Bonchev–Trinajstić information content (AvgIpc) is 2.37. The second-order valence-electron chi connectivity index (χ2n) is 4.75. The van der Waals surface area contributed by atoms with Crippen LogP contribution >= 0.6 is 0 Å². The molecule has 2 unspecified atom stereocenters. The zero-order valence-electron chi connectivity index (χ0n) is 12.6. The fourth-order valence-corrected chi connectivity index (χ4v) is 2.47. The molecule has 104 valence electrons. The van der Waals surface area contributed by atoms with Crippen LogP contribution in [-0.2, 0) is 9.53 Å². The molecule has 0 aromatic rings. The van der Waals surface area contributed by atoms with E-state index >= 15 is 0 Å². The van der Waals surface area contributed by atoms with Crippen LogP contribution in [0.2, 0.25) is 0 Å². The maximum absolute atomic E-state index is 11.2. The highest BCUT2D eigenvalue weighted by Gasteiger charge is 2.30. The summed E-state index contributed by atoms with van der Waals surface area (Å²) in [7, 11) is 0. The molecule has 3 heteroatoms. The van der Waals surface area contributed by atoms with E-state index in [1.165, 1.54) is 0 Å². The molecule has 0 saturated carbocycles. The van der Waals surface area contributed by atoms with Crippen molar-refractivity contribution in [2.75, 3.05) is 26.2 Å². The van der Waals surface area contributed by atoms with Crippen LogP contribution in [0.3, 0.4) is 0 Å². The minimum atomic E-state index is -0.410. The summed E-state index contributed by atoms with van der Waals surface area (Å²) < 4.78 is 6.18. The van der Waals surface area contributed by atoms with Crippen molar-refractivity contribution in [3.05, 3.63) is 0 Å². The fourth-order valence-electron chi connectivity index (χ4n) is 2.47. The van der Waals surface area contributed by atoms with Gasteiger partial charge in [0.2, 0.25) is 0 Å². The van der Waals surface area contributed by atoms with E-state index < -0.39 is 5.97 Å². The highest BCUT2D eigenvalue weighted by Crippen LogP contribution is 2.17. The van der Waals surface area contributed by atoms with Crippen LogP contribution in [0.15, 0.2) is 0 Å². The number of carbonyl (C=O) groups is 1. The van der Waals surface area contributed by atoms with E-state index in [0.29, 0.717) is 12.6 Å². The summed E-state index contributed by atoms with van der Waals surface area (Å²) in [4.78, 5) is 11.2. The molecule has 0 aliphatic carbocycles. The van der Waals surface area contributed by atoms with Crippen molar-refractivity contribution in [3.63, 3.8) is 0 Å².